The Labute approximate surface area is 215 Å². The molecule has 0 N–H and O–H groups in total. The van der Waals surface area contributed by atoms with Crippen LogP contribution in [0.15, 0.2) is 78.9 Å². The van der Waals surface area contributed by atoms with Gasteiger partial charge in [0.05, 0.1) is 5.56 Å². The van der Waals surface area contributed by atoms with Gasteiger partial charge in [-0.1, -0.05) is 93.2 Å². The minimum Gasteiger partial charge on any atom is -0.205 e. The number of rotatable bonds is 7. The molecule has 0 radical (unpaired) electrons. The Morgan fingerprint density at radius 2 is 1.11 bits per heavy atom. The van der Waals surface area contributed by atoms with E-state index in [0.717, 1.165) is 34.9 Å². The molecule has 0 unspecified atom stereocenters. The van der Waals surface area contributed by atoms with E-state index in [4.69, 9.17) is 0 Å². The predicted octanol–water partition coefficient (Wildman–Crippen LogP) is 8.85. The number of hydrogen-bond donors (Lipinski definition) is 0. The summed E-state index contributed by atoms with van der Waals surface area (Å²) in [4.78, 5) is 0. The third kappa shape index (κ3) is 6.87. The van der Waals surface area contributed by atoms with Crippen LogP contribution in [0.1, 0.15) is 79.3 Å². The van der Waals surface area contributed by atoms with Crippen molar-refractivity contribution in [2.75, 3.05) is 0 Å². The Bertz CT molecular complexity index is 1420. The molecular weight excluding hydrogens is 439 g/mol. The molecule has 0 aliphatic heterocycles. The summed E-state index contributed by atoms with van der Waals surface area (Å²) in [5.74, 6) is 12.3. The zero-order valence-corrected chi connectivity index (χ0v) is 21.3. The zero-order chi connectivity index (χ0) is 25.2. The highest BCUT2D eigenvalue weighted by Crippen LogP contribution is 2.22. The summed E-state index contributed by atoms with van der Waals surface area (Å²) in [7, 11) is 0. The number of unbranched alkanes of at least 4 members (excludes halogenated alkanes) is 3. The van der Waals surface area contributed by atoms with Crippen molar-refractivity contribution in [2.24, 2.45) is 0 Å². The fourth-order valence-electron chi connectivity index (χ4n) is 4.22. The average Bonchev–Trinajstić information content (AvgIpc) is 2.92. The van der Waals surface area contributed by atoms with Gasteiger partial charge in [-0.05, 0) is 84.7 Å². The number of aryl methyl sites for hydroxylation is 2. The van der Waals surface area contributed by atoms with Gasteiger partial charge in [0.1, 0.15) is 5.82 Å². The lowest BCUT2D eigenvalue weighted by Crippen LogP contribution is -1.88. The fraction of sp³-hybridized carbons (Fsp3) is 0.257. The van der Waals surface area contributed by atoms with E-state index in [9.17, 15) is 0 Å². The monoisotopic (exact) mass is 472 g/mol. The van der Waals surface area contributed by atoms with Gasteiger partial charge in [-0.2, -0.15) is 0 Å². The van der Waals surface area contributed by atoms with Crippen molar-refractivity contribution in [1.82, 2.24) is 0 Å². The molecule has 0 aliphatic rings. The maximum atomic E-state index is 15.2. The van der Waals surface area contributed by atoms with Gasteiger partial charge < -0.3 is 0 Å². The molecule has 0 bridgehead atoms. The third-order valence-electron chi connectivity index (χ3n) is 6.44. The molecule has 4 rings (SSSR count). The summed E-state index contributed by atoms with van der Waals surface area (Å²) < 4.78 is 15.2. The third-order valence-corrected chi connectivity index (χ3v) is 6.44. The standard InChI is InChI=1S/C35H33F/c1-3-5-7-9-28-12-16-30(17-13-28)20-22-32-23-24-33-26-31(21-25-34(33)35(32)36)19-18-29-14-10-27(11-15-29)8-6-4-2/h10-17,21,23-26H,3-9H2,1-2H3. The van der Waals surface area contributed by atoms with Gasteiger partial charge in [0.15, 0.2) is 0 Å². The Morgan fingerprint density at radius 1 is 0.556 bits per heavy atom. The van der Waals surface area contributed by atoms with Crippen molar-refractivity contribution >= 4 is 10.8 Å². The van der Waals surface area contributed by atoms with E-state index in [2.05, 4.69) is 73.9 Å². The molecule has 180 valence electrons. The van der Waals surface area contributed by atoms with Gasteiger partial charge in [0.2, 0.25) is 0 Å². The predicted molar refractivity (Wildman–Crippen MR) is 151 cm³/mol. The molecule has 0 heterocycles. The molecule has 4 aromatic rings. The Morgan fingerprint density at radius 3 is 1.75 bits per heavy atom. The van der Waals surface area contributed by atoms with Crippen LogP contribution in [-0.4, -0.2) is 0 Å². The van der Waals surface area contributed by atoms with E-state index in [0.29, 0.717) is 10.9 Å². The van der Waals surface area contributed by atoms with Crippen molar-refractivity contribution in [1.29, 1.82) is 0 Å². The molecular formula is C35H33F. The van der Waals surface area contributed by atoms with Crippen LogP contribution in [0.25, 0.3) is 10.8 Å². The van der Waals surface area contributed by atoms with Gasteiger partial charge in [0.25, 0.3) is 0 Å². The molecule has 0 nitrogen and oxygen atoms in total. The van der Waals surface area contributed by atoms with Crippen molar-refractivity contribution in [3.8, 4) is 23.7 Å². The van der Waals surface area contributed by atoms with E-state index < -0.39 is 0 Å². The highest BCUT2D eigenvalue weighted by Gasteiger charge is 2.06. The number of halogens is 1. The van der Waals surface area contributed by atoms with Gasteiger partial charge in [0, 0.05) is 22.1 Å². The normalized spacial score (nSPS) is 10.4. The van der Waals surface area contributed by atoms with Gasteiger partial charge in [-0.3, -0.25) is 0 Å². The van der Waals surface area contributed by atoms with Crippen molar-refractivity contribution in [2.45, 2.75) is 58.8 Å². The van der Waals surface area contributed by atoms with Crippen LogP contribution in [0.3, 0.4) is 0 Å². The first-order valence-electron chi connectivity index (χ1n) is 13.1. The lowest BCUT2D eigenvalue weighted by molar-refractivity contribution is 0.636. The molecule has 0 amide bonds. The van der Waals surface area contributed by atoms with Crippen LogP contribution >= 0.6 is 0 Å². The largest absolute Gasteiger partial charge is 0.205 e. The summed E-state index contributed by atoms with van der Waals surface area (Å²) in [6.45, 7) is 4.42. The maximum Gasteiger partial charge on any atom is 0.146 e. The number of hydrogen-bond acceptors (Lipinski definition) is 0. The maximum absolute atomic E-state index is 15.2. The Kier molecular flexibility index (Phi) is 8.97. The summed E-state index contributed by atoms with van der Waals surface area (Å²) in [5.41, 5.74) is 5.85. The molecule has 0 aliphatic carbocycles. The lowest BCUT2D eigenvalue weighted by atomic mass is 10.0. The molecule has 1 heteroatoms. The fourth-order valence-corrected chi connectivity index (χ4v) is 4.22. The second-order valence-corrected chi connectivity index (χ2v) is 9.32. The molecule has 0 spiro atoms. The van der Waals surface area contributed by atoms with Crippen molar-refractivity contribution in [3.05, 3.63) is 118 Å². The quantitative estimate of drug-likeness (QED) is 0.186. The molecule has 0 fully saturated rings. The SMILES string of the molecule is CCCCCc1ccc(C#Cc2ccc3cc(C#Cc4ccc(CCCC)cc4)ccc3c2F)cc1. The van der Waals surface area contributed by atoms with Gasteiger partial charge >= 0.3 is 0 Å². The highest BCUT2D eigenvalue weighted by molar-refractivity contribution is 5.86. The molecule has 0 saturated heterocycles. The van der Waals surface area contributed by atoms with Crippen LogP contribution in [0.4, 0.5) is 4.39 Å². The van der Waals surface area contributed by atoms with Gasteiger partial charge in [-0.15, -0.1) is 0 Å². The zero-order valence-electron chi connectivity index (χ0n) is 21.3. The molecule has 36 heavy (non-hydrogen) atoms. The van der Waals surface area contributed by atoms with E-state index in [1.54, 1.807) is 12.1 Å². The van der Waals surface area contributed by atoms with Crippen LogP contribution in [-0.2, 0) is 12.8 Å². The molecule has 0 atom stereocenters. The number of benzene rings is 4. The Balaban J connectivity index is 1.47. The van der Waals surface area contributed by atoms with Crippen LogP contribution in [0.5, 0.6) is 0 Å². The highest BCUT2D eigenvalue weighted by atomic mass is 19.1. The van der Waals surface area contributed by atoms with E-state index in [1.165, 1.54) is 43.2 Å². The molecule has 0 saturated carbocycles. The summed E-state index contributed by atoms with van der Waals surface area (Å²) in [6.07, 6.45) is 8.30. The van der Waals surface area contributed by atoms with Crippen LogP contribution in [0.2, 0.25) is 0 Å². The van der Waals surface area contributed by atoms with Crippen molar-refractivity contribution in [3.63, 3.8) is 0 Å². The number of fused-ring (bicyclic) bond motifs is 1. The minimum atomic E-state index is -0.279. The average molecular weight is 473 g/mol. The van der Waals surface area contributed by atoms with Crippen molar-refractivity contribution < 1.29 is 4.39 Å². The summed E-state index contributed by atoms with van der Waals surface area (Å²) >= 11 is 0. The van der Waals surface area contributed by atoms with Gasteiger partial charge in [-0.25, -0.2) is 4.39 Å². The van der Waals surface area contributed by atoms with E-state index >= 15 is 4.39 Å². The first-order chi connectivity index (χ1) is 17.7. The Hall–Kier alpha value is -3.81. The second kappa shape index (κ2) is 12.8. The van der Waals surface area contributed by atoms with Crippen LogP contribution < -0.4 is 0 Å². The molecule has 4 aromatic carbocycles. The summed E-state index contributed by atoms with van der Waals surface area (Å²) in [6, 6.07) is 26.1. The summed E-state index contributed by atoms with van der Waals surface area (Å²) in [5, 5.41) is 1.40. The second-order valence-electron chi connectivity index (χ2n) is 9.32. The molecule has 0 aromatic heterocycles. The lowest BCUT2D eigenvalue weighted by Gasteiger charge is -2.03. The first kappa shape index (κ1) is 25.3. The van der Waals surface area contributed by atoms with Crippen LogP contribution in [0, 0.1) is 29.5 Å². The topological polar surface area (TPSA) is 0 Å². The van der Waals surface area contributed by atoms with E-state index in [-0.39, 0.29) is 5.82 Å². The van der Waals surface area contributed by atoms with E-state index in [1.807, 2.05) is 30.3 Å². The minimum absolute atomic E-state index is 0.279. The first-order valence-corrected chi connectivity index (χ1v) is 13.1. The smallest absolute Gasteiger partial charge is 0.146 e.